The molecule has 14 nitrogen and oxygen atoms in total. The van der Waals surface area contributed by atoms with E-state index in [2.05, 4.69) is 26.0 Å². The molecule has 2 fully saturated rings. The van der Waals surface area contributed by atoms with E-state index in [-0.39, 0.29) is 25.6 Å². The molecule has 0 aromatic carbocycles. The first-order chi connectivity index (χ1) is 31.6. The second-order valence-electron chi connectivity index (χ2n) is 18.7. The van der Waals surface area contributed by atoms with Crippen LogP contribution in [0.15, 0.2) is 12.2 Å². The number of hydrogen-bond acceptors (Lipinski definition) is 14. The first-order valence-corrected chi connectivity index (χ1v) is 26.3. The molecular weight excluding hydrogens is 837 g/mol. The van der Waals surface area contributed by atoms with Crippen molar-refractivity contribution < 1.29 is 69.0 Å². The highest BCUT2D eigenvalue weighted by molar-refractivity contribution is 5.69. The van der Waals surface area contributed by atoms with Crippen molar-refractivity contribution in [1.29, 1.82) is 0 Å². The third-order valence-electron chi connectivity index (χ3n) is 12.8. The van der Waals surface area contributed by atoms with Gasteiger partial charge < -0.3 is 64.2 Å². The number of ether oxygens (including phenoxy) is 6. The first-order valence-electron chi connectivity index (χ1n) is 26.3. The molecule has 2 aliphatic rings. The van der Waals surface area contributed by atoms with Gasteiger partial charge in [0.1, 0.15) is 54.9 Å². The first kappa shape index (κ1) is 59.9. The van der Waals surface area contributed by atoms with E-state index in [4.69, 9.17) is 28.4 Å². The highest BCUT2D eigenvalue weighted by Crippen LogP contribution is 2.26. The van der Waals surface area contributed by atoms with Crippen LogP contribution in [0.3, 0.4) is 0 Å². The molecule has 11 atom stereocenters. The van der Waals surface area contributed by atoms with Gasteiger partial charge in [0.2, 0.25) is 0 Å². The third kappa shape index (κ3) is 27.5. The molecule has 0 aromatic heterocycles. The van der Waals surface area contributed by atoms with Crippen LogP contribution < -0.4 is 0 Å². The Bertz CT molecular complexity index is 1130. The summed E-state index contributed by atoms with van der Waals surface area (Å²) in [5.74, 6) is -0.381. The summed E-state index contributed by atoms with van der Waals surface area (Å²) in [6.07, 6.45) is 24.1. The Morgan fingerprint density at radius 1 is 0.492 bits per heavy atom. The standard InChI is InChI=1S/C51H96O14/c1-3-5-7-9-11-13-15-17-19-21-23-25-27-29-31-33-35-60-37-40(63-43(53)34-32-30-28-26-24-22-20-18-16-14-12-10-8-6-4-2)38-61-50-49(59)47(57)45(55)42(65-50)39-62-51-48(58)46(56)44(54)41(36-52)64-51/h18,20,40-42,44-52,54-59H,3-17,19,21-39H2,1-2H3/b20-18-. The number of carbonyl (C=O) groups excluding carboxylic acids is 1. The van der Waals surface area contributed by atoms with Crippen LogP contribution in [-0.2, 0) is 33.2 Å². The van der Waals surface area contributed by atoms with Crippen molar-refractivity contribution in [1.82, 2.24) is 0 Å². The molecule has 0 spiro atoms. The zero-order chi connectivity index (χ0) is 47.3. The monoisotopic (exact) mass is 933 g/mol. The van der Waals surface area contributed by atoms with Gasteiger partial charge in [0, 0.05) is 13.0 Å². The molecule has 0 bridgehead atoms. The Morgan fingerprint density at radius 2 is 0.908 bits per heavy atom. The number of rotatable bonds is 42. The summed E-state index contributed by atoms with van der Waals surface area (Å²) in [4.78, 5) is 13.0. The van der Waals surface area contributed by atoms with Crippen LogP contribution >= 0.6 is 0 Å². The van der Waals surface area contributed by atoms with Gasteiger partial charge in [-0.25, -0.2) is 0 Å². The maximum absolute atomic E-state index is 13.0. The maximum atomic E-state index is 13.0. The lowest BCUT2D eigenvalue weighted by molar-refractivity contribution is -0.332. The minimum Gasteiger partial charge on any atom is -0.457 e. The predicted octanol–water partition coefficient (Wildman–Crippen LogP) is 7.85. The molecular formula is C51H96O14. The lowest BCUT2D eigenvalue weighted by Gasteiger charge is -2.42. The summed E-state index contributed by atoms with van der Waals surface area (Å²) in [5.41, 5.74) is 0. The summed E-state index contributed by atoms with van der Waals surface area (Å²) in [6.45, 7) is 3.70. The second-order valence-corrected chi connectivity index (χ2v) is 18.7. The van der Waals surface area contributed by atoms with E-state index in [0.29, 0.717) is 13.0 Å². The molecule has 2 rings (SSSR count). The Hall–Kier alpha value is -1.27. The van der Waals surface area contributed by atoms with E-state index in [1.807, 2.05) is 0 Å². The van der Waals surface area contributed by atoms with E-state index < -0.39 is 80.7 Å². The molecule has 65 heavy (non-hydrogen) atoms. The van der Waals surface area contributed by atoms with E-state index >= 15 is 0 Å². The molecule has 0 aliphatic carbocycles. The molecule has 11 unspecified atom stereocenters. The molecule has 7 N–H and O–H groups in total. The van der Waals surface area contributed by atoms with Gasteiger partial charge in [-0.3, -0.25) is 4.79 Å². The van der Waals surface area contributed by atoms with E-state index in [1.165, 1.54) is 122 Å². The number of allylic oxidation sites excluding steroid dienone is 2. The number of aliphatic hydroxyl groups is 7. The number of aliphatic hydroxyl groups excluding tert-OH is 7. The lowest BCUT2D eigenvalue weighted by Crippen LogP contribution is -2.61. The molecule has 0 saturated carbocycles. The Morgan fingerprint density at radius 3 is 1.40 bits per heavy atom. The van der Waals surface area contributed by atoms with Gasteiger partial charge in [-0.1, -0.05) is 174 Å². The number of esters is 1. The molecule has 0 radical (unpaired) electrons. The molecule has 2 saturated heterocycles. The van der Waals surface area contributed by atoms with Crippen molar-refractivity contribution in [3.05, 3.63) is 12.2 Å². The van der Waals surface area contributed by atoms with Gasteiger partial charge in [0.05, 0.1) is 26.4 Å². The molecule has 2 aliphatic heterocycles. The molecule has 2 heterocycles. The molecule has 384 valence electrons. The van der Waals surface area contributed by atoms with Crippen molar-refractivity contribution in [3.8, 4) is 0 Å². The van der Waals surface area contributed by atoms with E-state index in [0.717, 1.165) is 57.8 Å². The van der Waals surface area contributed by atoms with Crippen LogP contribution in [0.4, 0.5) is 0 Å². The van der Waals surface area contributed by atoms with Crippen molar-refractivity contribution in [2.45, 2.75) is 274 Å². The summed E-state index contributed by atoms with van der Waals surface area (Å²) in [7, 11) is 0. The topological polar surface area (TPSA) is 214 Å². The minimum atomic E-state index is -1.70. The number of unbranched alkanes of at least 4 members (excludes halogenated alkanes) is 26. The average Bonchev–Trinajstić information content (AvgIpc) is 3.30. The van der Waals surface area contributed by atoms with Crippen LogP contribution in [0.5, 0.6) is 0 Å². The predicted molar refractivity (Wildman–Crippen MR) is 252 cm³/mol. The van der Waals surface area contributed by atoms with Gasteiger partial charge in [-0.15, -0.1) is 0 Å². The lowest BCUT2D eigenvalue weighted by atomic mass is 9.98. The van der Waals surface area contributed by atoms with Crippen LogP contribution in [0, 0.1) is 0 Å². The van der Waals surface area contributed by atoms with Crippen LogP contribution in [0.1, 0.15) is 206 Å². The second kappa shape index (κ2) is 39.6. The maximum Gasteiger partial charge on any atom is 0.306 e. The van der Waals surface area contributed by atoms with Gasteiger partial charge >= 0.3 is 5.97 Å². The number of hydrogen-bond donors (Lipinski definition) is 7. The SMILES string of the molecule is CCCCCCCC/C=C\CCCCCCCC(=O)OC(COCCCCCCCCCCCCCCCCCC)COC1OC(COC2OC(CO)C(O)C(O)C2O)C(O)C(O)C1O. The van der Waals surface area contributed by atoms with E-state index in [9.17, 15) is 40.5 Å². The minimum absolute atomic E-state index is 0.0640. The highest BCUT2D eigenvalue weighted by atomic mass is 16.7. The zero-order valence-corrected chi connectivity index (χ0v) is 40.7. The fourth-order valence-electron chi connectivity index (χ4n) is 8.46. The Balaban J connectivity index is 1.76. The average molecular weight is 933 g/mol. The fraction of sp³-hybridized carbons (Fsp3) is 0.941. The Labute approximate surface area is 393 Å². The van der Waals surface area contributed by atoms with Gasteiger partial charge in [-0.05, 0) is 38.5 Å². The van der Waals surface area contributed by atoms with Gasteiger partial charge in [0.25, 0.3) is 0 Å². The van der Waals surface area contributed by atoms with Crippen molar-refractivity contribution in [2.75, 3.05) is 33.0 Å². The normalized spacial score (nSPS) is 26.5. The third-order valence-corrected chi connectivity index (χ3v) is 12.8. The molecule has 14 heteroatoms. The van der Waals surface area contributed by atoms with Gasteiger partial charge in [0.15, 0.2) is 12.6 Å². The summed E-state index contributed by atoms with van der Waals surface area (Å²) in [5, 5.41) is 72.1. The Kier molecular flexibility index (Phi) is 36.4. The summed E-state index contributed by atoms with van der Waals surface area (Å²) < 4.78 is 34.3. The zero-order valence-electron chi connectivity index (χ0n) is 40.7. The quantitative estimate of drug-likeness (QED) is 0.0176. The van der Waals surface area contributed by atoms with Crippen molar-refractivity contribution in [2.24, 2.45) is 0 Å². The van der Waals surface area contributed by atoms with Crippen LogP contribution in [0.2, 0.25) is 0 Å². The van der Waals surface area contributed by atoms with Crippen molar-refractivity contribution in [3.63, 3.8) is 0 Å². The van der Waals surface area contributed by atoms with Gasteiger partial charge in [-0.2, -0.15) is 0 Å². The molecule has 0 amide bonds. The molecule has 0 aromatic rings. The summed E-state index contributed by atoms with van der Waals surface area (Å²) >= 11 is 0. The highest BCUT2D eigenvalue weighted by Gasteiger charge is 2.47. The van der Waals surface area contributed by atoms with Crippen LogP contribution in [-0.4, -0.2) is 142 Å². The van der Waals surface area contributed by atoms with Crippen molar-refractivity contribution >= 4 is 5.97 Å². The fourth-order valence-corrected chi connectivity index (χ4v) is 8.46. The van der Waals surface area contributed by atoms with E-state index in [1.54, 1.807) is 0 Å². The number of carbonyl (C=O) groups is 1. The smallest absolute Gasteiger partial charge is 0.306 e. The van der Waals surface area contributed by atoms with Crippen LogP contribution in [0.25, 0.3) is 0 Å². The largest absolute Gasteiger partial charge is 0.457 e. The summed E-state index contributed by atoms with van der Waals surface area (Å²) in [6, 6.07) is 0.